The zero-order valence-corrected chi connectivity index (χ0v) is 40.2. The summed E-state index contributed by atoms with van der Waals surface area (Å²) in [4.78, 5) is 45.3. The number of ether oxygens (including phenoxy) is 4. The van der Waals surface area contributed by atoms with E-state index in [1.54, 1.807) is 46.8 Å². The lowest BCUT2D eigenvalue weighted by atomic mass is 9.78. The number of nitrogens with zero attached hydrogens (tertiary/aromatic N) is 2. The number of amides is 1. The fraction of sp³-hybridized carbons (Fsp3) is 0.510. The van der Waals surface area contributed by atoms with E-state index in [1.165, 1.54) is 68.5 Å². The second kappa shape index (κ2) is 19.7. The number of methoxy groups -OCH3 is 1. The predicted molar refractivity (Wildman–Crippen MR) is 252 cm³/mol. The van der Waals surface area contributed by atoms with Crippen molar-refractivity contribution in [3.05, 3.63) is 81.7 Å². The summed E-state index contributed by atoms with van der Waals surface area (Å²) < 4.78 is 23.9. The number of phenolic OH excluding ortho intramolecular Hbond substituents is 3. The Balaban J connectivity index is 1.48. The SMILES string of the molecule is COC1/C=C/OC2(C)Oc3c(C)c(O)c4c(O)c(c(N5CCN(Cc6c(C)cc(C)cc6C)CC5)c(O)c4c3C2=O)NC(=O)/C(C)=C\C=C\C(C)C(O)C(C)C(O)C(C)C(OC(C)=O)C1C. The number of carbonyl (C=O) groups excluding carboxylic acids is 3. The average molecular weight is 914 g/mol. The zero-order chi connectivity index (χ0) is 48.7. The number of fused-ring (bicyclic) bond motifs is 14. The first kappa shape index (κ1) is 49.8. The molecule has 0 radical (unpaired) electrons. The molecule has 3 aromatic rings. The highest BCUT2D eigenvalue weighted by atomic mass is 16.7. The van der Waals surface area contributed by atoms with E-state index in [9.17, 15) is 39.9 Å². The van der Waals surface area contributed by atoms with Gasteiger partial charge in [0.2, 0.25) is 0 Å². The maximum absolute atomic E-state index is 14.7. The van der Waals surface area contributed by atoms with Crippen molar-refractivity contribution in [2.45, 2.75) is 113 Å². The van der Waals surface area contributed by atoms with Gasteiger partial charge >= 0.3 is 11.8 Å². The van der Waals surface area contributed by atoms with Gasteiger partial charge in [-0.2, -0.15) is 0 Å². The van der Waals surface area contributed by atoms with Gasteiger partial charge in [-0.3, -0.25) is 19.3 Å². The largest absolute Gasteiger partial charge is 0.507 e. The molecule has 0 aromatic heterocycles. The molecule has 4 heterocycles. The molecule has 7 rings (SSSR count). The van der Waals surface area contributed by atoms with Crippen molar-refractivity contribution >= 4 is 39.8 Å². The topological polar surface area (TPSA) is 208 Å². The molecule has 6 N–H and O–H groups in total. The number of carbonyl (C=O) groups is 3. The zero-order valence-electron chi connectivity index (χ0n) is 40.2. The standard InChI is InChI=1S/C51H67N3O12/c1-25-22-28(4)35(29(5)23-25)24-53-17-19-54(20-18-53)41-40-45(59)38-37(46(41)60)39-48(33(9)44(38)58)66-51(11,49(39)61)64-21-16-36(63-12)30(6)47(65-34(10)55)32(8)43(57)31(7)42(56)26(2)14-13-15-27(3)50(62)52-40/h13-16,21-23,26,30-32,36,42-43,47,56-60H,17-20,24H2,1-12H3,(H,52,62)/b14-13+,21-16+,27-15-. The van der Waals surface area contributed by atoms with Crippen LogP contribution in [0.15, 0.2) is 48.3 Å². The first-order chi connectivity index (χ1) is 31.0. The number of aliphatic hydroxyl groups is 2. The van der Waals surface area contributed by atoms with Gasteiger partial charge in [0.1, 0.15) is 34.7 Å². The maximum Gasteiger partial charge on any atom is 0.312 e. The van der Waals surface area contributed by atoms with Crippen molar-refractivity contribution in [3.8, 4) is 23.0 Å². The Labute approximate surface area is 387 Å². The molecule has 9 atom stereocenters. The normalized spacial score (nSPS) is 29.8. The highest BCUT2D eigenvalue weighted by molar-refractivity contribution is 6.23. The third-order valence-corrected chi connectivity index (χ3v) is 13.9. The van der Waals surface area contributed by atoms with Crippen LogP contribution in [0.3, 0.4) is 0 Å². The van der Waals surface area contributed by atoms with Crippen LogP contribution in [0, 0.1) is 51.4 Å². The van der Waals surface area contributed by atoms with Crippen LogP contribution in [-0.4, -0.2) is 112 Å². The number of allylic oxidation sites excluding steroid dienone is 2. The number of aromatic hydroxyl groups is 3. The van der Waals surface area contributed by atoms with Gasteiger partial charge in [0.15, 0.2) is 5.75 Å². The van der Waals surface area contributed by atoms with E-state index < -0.39 is 88.8 Å². The fourth-order valence-corrected chi connectivity index (χ4v) is 9.83. The molecule has 9 unspecified atom stereocenters. The summed E-state index contributed by atoms with van der Waals surface area (Å²) in [6, 6.07) is 4.33. The minimum absolute atomic E-state index is 0.0546. The summed E-state index contributed by atoms with van der Waals surface area (Å²) >= 11 is 0. The number of Topliss-reactive ketones (excluding diaryl/α,β-unsaturated/α-hetero) is 1. The van der Waals surface area contributed by atoms with Crippen LogP contribution in [-0.2, 0) is 30.3 Å². The molecular formula is C51H67N3O12. The number of aryl methyl sites for hydroxylation is 3. The number of hydrogen-bond acceptors (Lipinski definition) is 14. The predicted octanol–water partition coefficient (Wildman–Crippen LogP) is 7.00. The van der Waals surface area contributed by atoms with Crippen molar-refractivity contribution < 1.29 is 58.9 Å². The highest BCUT2D eigenvalue weighted by Gasteiger charge is 2.50. The molecule has 4 aliphatic rings. The molecule has 3 aromatic carbocycles. The van der Waals surface area contributed by atoms with Crippen molar-refractivity contribution in [3.63, 3.8) is 0 Å². The third-order valence-electron chi connectivity index (χ3n) is 13.9. The number of hydrogen-bond donors (Lipinski definition) is 6. The molecule has 1 fully saturated rings. The van der Waals surface area contributed by atoms with Gasteiger partial charge in [-0.25, -0.2) is 0 Å². The molecule has 66 heavy (non-hydrogen) atoms. The summed E-state index contributed by atoms with van der Waals surface area (Å²) in [5, 5.41) is 61.9. The first-order valence-corrected chi connectivity index (χ1v) is 22.6. The van der Waals surface area contributed by atoms with Crippen LogP contribution in [0.1, 0.15) is 86.6 Å². The first-order valence-electron chi connectivity index (χ1n) is 22.6. The van der Waals surface area contributed by atoms with Crippen LogP contribution < -0.4 is 15.0 Å². The molecule has 358 valence electrons. The molecular weight excluding hydrogens is 847 g/mol. The molecule has 1 amide bonds. The van der Waals surface area contributed by atoms with Gasteiger partial charge in [0, 0.05) is 93.9 Å². The van der Waals surface area contributed by atoms with E-state index in [0.29, 0.717) is 32.7 Å². The number of piperazine rings is 1. The van der Waals surface area contributed by atoms with Gasteiger partial charge in [0.25, 0.3) is 11.7 Å². The smallest absolute Gasteiger partial charge is 0.312 e. The molecule has 0 spiro atoms. The van der Waals surface area contributed by atoms with E-state index >= 15 is 0 Å². The summed E-state index contributed by atoms with van der Waals surface area (Å²) in [6.45, 7) is 21.5. The molecule has 15 heteroatoms. The molecule has 1 saturated heterocycles. The van der Waals surface area contributed by atoms with Crippen LogP contribution in [0.5, 0.6) is 23.0 Å². The lowest BCUT2D eigenvalue weighted by molar-refractivity contribution is -0.160. The summed E-state index contributed by atoms with van der Waals surface area (Å²) in [5.74, 6) is -8.03. The van der Waals surface area contributed by atoms with E-state index in [-0.39, 0.29) is 44.6 Å². The lowest BCUT2D eigenvalue weighted by Gasteiger charge is -2.38. The molecule has 0 aliphatic carbocycles. The lowest BCUT2D eigenvalue weighted by Crippen LogP contribution is -2.46. The number of esters is 1. The van der Waals surface area contributed by atoms with Crippen LogP contribution >= 0.6 is 0 Å². The molecule has 0 saturated carbocycles. The number of anilines is 2. The Morgan fingerprint density at radius 2 is 1.50 bits per heavy atom. The third kappa shape index (κ3) is 9.49. The minimum atomic E-state index is -2.04. The second-order valence-electron chi connectivity index (χ2n) is 18.7. The van der Waals surface area contributed by atoms with Crippen molar-refractivity contribution in [1.29, 1.82) is 0 Å². The molecule has 4 aliphatic heterocycles. The van der Waals surface area contributed by atoms with Gasteiger partial charge in [-0.1, -0.05) is 63.6 Å². The van der Waals surface area contributed by atoms with Crippen molar-refractivity contribution in [2.24, 2.45) is 23.7 Å². The van der Waals surface area contributed by atoms with Crippen LogP contribution in [0.4, 0.5) is 11.4 Å². The fourth-order valence-electron chi connectivity index (χ4n) is 9.83. The van der Waals surface area contributed by atoms with Crippen LogP contribution in [0.25, 0.3) is 10.8 Å². The molecule has 5 bridgehead atoms. The number of aliphatic hydroxyl groups excluding tert-OH is 2. The Kier molecular flexibility index (Phi) is 14.9. The van der Waals surface area contributed by atoms with Gasteiger partial charge < -0.3 is 54.7 Å². The monoisotopic (exact) mass is 913 g/mol. The van der Waals surface area contributed by atoms with E-state index in [4.69, 9.17) is 18.9 Å². The van der Waals surface area contributed by atoms with Crippen molar-refractivity contribution in [2.75, 3.05) is 43.5 Å². The van der Waals surface area contributed by atoms with Gasteiger partial charge in [-0.15, -0.1) is 0 Å². The summed E-state index contributed by atoms with van der Waals surface area (Å²) in [5.41, 5.74) is 4.85. The number of ketones is 1. The Morgan fingerprint density at radius 1 is 0.864 bits per heavy atom. The minimum Gasteiger partial charge on any atom is -0.507 e. The number of nitrogens with one attached hydrogen (secondary N) is 1. The summed E-state index contributed by atoms with van der Waals surface area (Å²) in [7, 11) is 1.45. The quantitative estimate of drug-likeness (QED) is 0.0866. The second-order valence-corrected chi connectivity index (χ2v) is 18.7. The number of phenols is 3. The Morgan fingerprint density at radius 3 is 2.11 bits per heavy atom. The number of benzene rings is 3. The van der Waals surface area contributed by atoms with E-state index in [0.717, 1.165) is 0 Å². The van der Waals surface area contributed by atoms with Gasteiger partial charge in [-0.05, 0) is 57.4 Å². The average Bonchev–Trinajstić information content (AvgIpc) is 3.53. The Hall–Kier alpha value is -5.61. The summed E-state index contributed by atoms with van der Waals surface area (Å²) in [6.07, 6.45) is 3.71. The molecule has 15 nitrogen and oxygen atoms in total. The maximum atomic E-state index is 14.7. The van der Waals surface area contributed by atoms with Gasteiger partial charge in [0.05, 0.1) is 35.5 Å². The van der Waals surface area contributed by atoms with E-state index in [2.05, 4.69) is 43.1 Å². The van der Waals surface area contributed by atoms with Crippen LogP contribution in [0.2, 0.25) is 0 Å². The highest BCUT2D eigenvalue weighted by Crippen LogP contribution is 2.57. The van der Waals surface area contributed by atoms with Crippen molar-refractivity contribution in [1.82, 2.24) is 4.90 Å². The van der Waals surface area contributed by atoms with E-state index in [1.807, 2.05) is 4.90 Å². The Bertz CT molecular complexity index is 2450. The number of rotatable bonds is 5.